The molecule has 1 aliphatic heterocycles. The number of aromatic nitrogens is 2. The van der Waals surface area contributed by atoms with Gasteiger partial charge in [-0.1, -0.05) is 12.1 Å². The second kappa shape index (κ2) is 5.90. The molecule has 1 aliphatic carbocycles. The number of rotatable bonds is 5. The van der Waals surface area contributed by atoms with Crippen LogP contribution in [0.5, 0.6) is 0 Å². The predicted octanol–water partition coefficient (Wildman–Crippen LogP) is 1.27. The van der Waals surface area contributed by atoms with Crippen LogP contribution >= 0.6 is 0 Å². The lowest BCUT2D eigenvalue weighted by molar-refractivity contribution is 0.200. The van der Waals surface area contributed by atoms with Crippen LogP contribution in [-0.4, -0.2) is 48.3 Å². The van der Waals surface area contributed by atoms with Gasteiger partial charge in [0, 0.05) is 25.0 Å². The number of sulfonamides is 1. The van der Waals surface area contributed by atoms with E-state index in [1.807, 2.05) is 6.92 Å². The zero-order valence-electron chi connectivity index (χ0n) is 13.3. The van der Waals surface area contributed by atoms with E-state index in [1.165, 1.54) is 6.26 Å². The summed E-state index contributed by atoms with van der Waals surface area (Å²) in [7, 11) is -3.10. The molecule has 0 radical (unpaired) electrons. The first-order valence-corrected chi connectivity index (χ1v) is 9.74. The molecule has 3 atom stereocenters. The molecule has 1 saturated heterocycles. The van der Waals surface area contributed by atoms with E-state index in [2.05, 4.69) is 22.4 Å². The minimum absolute atomic E-state index is 0.0165. The van der Waals surface area contributed by atoms with Crippen molar-refractivity contribution >= 4 is 10.0 Å². The minimum Gasteiger partial charge on any atom is -0.338 e. The molecule has 0 unspecified atom stereocenters. The molecule has 1 aromatic heterocycles. The average Bonchev–Trinajstić information content (AvgIpc) is 3.17. The summed E-state index contributed by atoms with van der Waals surface area (Å²) in [4.78, 5) is 4.47. The minimum atomic E-state index is -3.10. The van der Waals surface area contributed by atoms with Crippen LogP contribution in [0.25, 0.3) is 0 Å². The molecule has 2 fully saturated rings. The zero-order chi connectivity index (χ0) is 15.9. The second-order valence-electron chi connectivity index (χ2n) is 6.65. The molecule has 1 N–H and O–H groups in total. The van der Waals surface area contributed by atoms with Gasteiger partial charge in [0.05, 0.1) is 12.3 Å². The van der Waals surface area contributed by atoms with E-state index in [0.717, 1.165) is 25.1 Å². The molecule has 1 saturated carbocycles. The Morgan fingerprint density at radius 1 is 1.36 bits per heavy atom. The van der Waals surface area contributed by atoms with Crippen molar-refractivity contribution in [2.45, 2.75) is 51.1 Å². The van der Waals surface area contributed by atoms with Gasteiger partial charge in [0.15, 0.2) is 5.82 Å². The van der Waals surface area contributed by atoms with Gasteiger partial charge in [-0.15, -0.1) is 0 Å². The van der Waals surface area contributed by atoms with Crippen LogP contribution in [0.4, 0.5) is 0 Å². The Morgan fingerprint density at radius 2 is 2.09 bits per heavy atom. The second-order valence-corrected chi connectivity index (χ2v) is 8.63. The summed E-state index contributed by atoms with van der Waals surface area (Å²) in [6, 6.07) is 0.238. The third-order valence-electron chi connectivity index (χ3n) is 4.57. The van der Waals surface area contributed by atoms with Crippen LogP contribution in [0.3, 0.4) is 0 Å². The van der Waals surface area contributed by atoms with Crippen molar-refractivity contribution in [1.29, 1.82) is 0 Å². The Kier molecular flexibility index (Phi) is 4.26. The van der Waals surface area contributed by atoms with Crippen LogP contribution < -0.4 is 5.32 Å². The van der Waals surface area contributed by atoms with E-state index in [4.69, 9.17) is 4.52 Å². The zero-order valence-corrected chi connectivity index (χ0v) is 14.1. The van der Waals surface area contributed by atoms with Crippen LogP contribution in [-0.2, 0) is 10.0 Å². The molecule has 0 amide bonds. The van der Waals surface area contributed by atoms with Gasteiger partial charge in [-0.25, -0.2) is 12.7 Å². The molecule has 2 aliphatic rings. The van der Waals surface area contributed by atoms with Gasteiger partial charge in [-0.2, -0.15) is 4.98 Å². The van der Waals surface area contributed by atoms with Crippen molar-refractivity contribution in [1.82, 2.24) is 19.8 Å². The number of hydrogen-bond acceptors (Lipinski definition) is 6. The number of hydrogen-bond donors (Lipinski definition) is 1. The molecule has 124 valence electrons. The molecule has 22 heavy (non-hydrogen) atoms. The van der Waals surface area contributed by atoms with E-state index >= 15 is 0 Å². The molecule has 7 nitrogen and oxygen atoms in total. The van der Waals surface area contributed by atoms with Gasteiger partial charge in [0.1, 0.15) is 0 Å². The monoisotopic (exact) mass is 328 g/mol. The quantitative estimate of drug-likeness (QED) is 0.875. The highest BCUT2D eigenvalue weighted by molar-refractivity contribution is 7.88. The largest absolute Gasteiger partial charge is 0.338 e. The predicted molar refractivity (Wildman–Crippen MR) is 81.8 cm³/mol. The van der Waals surface area contributed by atoms with Crippen molar-refractivity contribution in [3.05, 3.63) is 11.7 Å². The van der Waals surface area contributed by atoms with Gasteiger partial charge in [0.25, 0.3) is 0 Å². The number of nitrogens with one attached hydrogen (secondary N) is 1. The molecule has 0 spiro atoms. The molecule has 1 aromatic rings. The molecular weight excluding hydrogens is 304 g/mol. The maximum atomic E-state index is 11.6. The number of piperidine rings is 1. The summed E-state index contributed by atoms with van der Waals surface area (Å²) in [6.07, 6.45) is 4.37. The third-order valence-corrected chi connectivity index (χ3v) is 5.84. The summed E-state index contributed by atoms with van der Waals surface area (Å²) in [5, 5.41) is 7.55. The summed E-state index contributed by atoms with van der Waals surface area (Å²) in [6.45, 7) is 5.20. The maximum absolute atomic E-state index is 11.6. The Labute approximate surface area is 131 Å². The van der Waals surface area contributed by atoms with Crippen LogP contribution in [0.2, 0.25) is 0 Å². The summed E-state index contributed by atoms with van der Waals surface area (Å²) in [5.41, 5.74) is 0. The van der Waals surface area contributed by atoms with Gasteiger partial charge in [-0.05, 0) is 32.1 Å². The highest BCUT2D eigenvalue weighted by atomic mass is 32.2. The van der Waals surface area contributed by atoms with Gasteiger partial charge >= 0.3 is 0 Å². The first kappa shape index (κ1) is 15.9. The maximum Gasteiger partial charge on any atom is 0.243 e. The summed E-state index contributed by atoms with van der Waals surface area (Å²) >= 11 is 0. The molecular formula is C14H24N4O3S. The smallest absolute Gasteiger partial charge is 0.243 e. The summed E-state index contributed by atoms with van der Waals surface area (Å²) < 4.78 is 30.2. The molecule has 2 heterocycles. The molecule has 0 aromatic carbocycles. The Bertz CT molecular complexity index is 626. The first-order valence-electron chi connectivity index (χ1n) is 7.89. The first-order chi connectivity index (χ1) is 10.3. The van der Waals surface area contributed by atoms with Crippen molar-refractivity contribution in [2.75, 3.05) is 19.3 Å². The molecule has 3 rings (SSSR count). The normalized spacial score (nSPS) is 28.7. The lowest BCUT2D eigenvalue weighted by Crippen LogP contribution is -2.50. The SMILES string of the molecule is C[C@H](N[C@@H]1CCN(S(C)(=O)=O)C[C@@H]1C)c1nc(C2CC2)no1. The fourth-order valence-corrected chi connectivity index (χ4v) is 3.92. The Balaban J connectivity index is 1.58. The Morgan fingerprint density at radius 3 is 2.68 bits per heavy atom. The summed E-state index contributed by atoms with van der Waals surface area (Å²) in [5.74, 6) is 2.18. The van der Waals surface area contributed by atoms with E-state index in [0.29, 0.717) is 24.9 Å². The van der Waals surface area contributed by atoms with Gasteiger partial charge in [-0.3, -0.25) is 0 Å². The fraction of sp³-hybridized carbons (Fsp3) is 0.857. The van der Waals surface area contributed by atoms with Crippen LogP contribution in [0.1, 0.15) is 56.8 Å². The highest BCUT2D eigenvalue weighted by Crippen LogP contribution is 2.38. The van der Waals surface area contributed by atoms with E-state index in [1.54, 1.807) is 4.31 Å². The van der Waals surface area contributed by atoms with Crippen molar-refractivity contribution < 1.29 is 12.9 Å². The topological polar surface area (TPSA) is 88.3 Å². The Hall–Kier alpha value is -0.990. The lowest BCUT2D eigenvalue weighted by Gasteiger charge is -2.36. The standard InChI is InChI=1S/C14H24N4O3S/c1-9-8-18(22(3,19)20)7-6-12(9)15-10(2)14-16-13(17-21-14)11-4-5-11/h9-12,15H,4-8H2,1-3H3/t9-,10-,12+/m0/s1. The molecule has 8 heteroatoms. The van der Waals surface area contributed by atoms with Crippen molar-refractivity contribution in [3.63, 3.8) is 0 Å². The number of nitrogens with zero attached hydrogens (tertiary/aromatic N) is 3. The molecule has 0 bridgehead atoms. The van der Waals surface area contributed by atoms with E-state index in [-0.39, 0.29) is 18.0 Å². The van der Waals surface area contributed by atoms with Crippen molar-refractivity contribution in [2.24, 2.45) is 5.92 Å². The van der Waals surface area contributed by atoms with Gasteiger partial charge in [0.2, 0.25) is 15.9 Å². The van der Waals surface area contributed by atoms with Gasteiger partial charge < -0.3 is 9.84 Å². The van der Waals surface area contributed by atoms with E-state index < -0.39 is 10.0 Å². The third kappa shape index (κ3) is 3.49. The van der Waals surface area contributed by atoms with Crippen LogP contribution in [0, 0.1) is 5.92 Å². The van der Waals surface area contributed by atoms with Crippen LogP contribution in [0.15, 0.2) is 4.52 Å². The van der Waals surface area contributed by atoms with Crippen molar-refractivity contribution in [3.8, 4) is 0 Å². The highest BCUT2D eigenvalue weighted by Gasteiger charge is 2.33. The lowest BCUT2D eigenvalue weighted by atomic mass is 9.94. The van der Waals surface area contributed by atoms with E-state index in [9.17, 15) is 8.42 Å². The fourth-order valence-electron chi connectivity index (χ4n) is 2.98. The average molecular weight is 328 g/mol.